The van der Waals surface area contributed by atoms with Gasteiger partial charge in [0.05, 0.1) is 14.2 Å². The van der Waals surface area contributed by atoms with E-state index in [1.165, 1.54) is 24.0 Å². The van der Waals surface area contributed by atoms with Crippen molar-refractivity contribution in [2.24, 2.45) is 5.92 Å². The normalized spacial score (nSPS) is 16.4. The second kappa shape index (κ2) is 6.29. The van der Waals surface area contributed by atoms with Gasteiger partial charge in [0, 0.05) is 5.56 Å². The standard InChI is InChI=1S/C16H25NO2/c1-11-9-12(2)15(18-3)16(19-4)14(11)10-13-5-7-17-8-6-13/h9,13,17H,5-8,10H2,1-4H3. The lowest BCUT2D eigenvalue weighted by Crippen LogP contribution is -2.28. The van der Waals surface area contributed by atoms with Crippen LogP contribution < -0.4 is 14.8 Å². The van der Waals surface area contributed by atoms with E-state index < -0.39 is 0 Å². The van der Waals surface area contributed by atoms with Crippen molar-refractivity contribution in [3.63, 3.8) is 0 Å². The Balaban J connectivity index is 2.32. The minimum absolute atomic E-state index is 0.751. The molecule has 0 unspecified atom stereocenters. The van der Waals surface area contributed by atoms with E-state index in [1.807, 2.05) is 0 Å². The predicted molar refractivity (Wildman–Crippen MR) is 78.3 cm³/mol. The van der Waals surface area contributed by atoms with E-state index in [0.717, 1.165) is 42.5 Å². The van der Waals surface area contributed by atoms with Crippen LogP contribution in [0, 0.1) is 19.8 Å². The van der Waals surface area contributed by atoms with Crippen LogP contribution in [0.2, 0.25) is 0 Å². The van der Waals surface area contributed by atoms with E-state index in [1.54, 1.807) is 14.2 Å². The zero-order valence-corrected chi connectivity index (χ0v) is 12.5. The lowest BCUT2D eigenvalue weighted by Gasteiger charge is -2.25. The first-order valence-electron chi connectivity index (χ1n) is 7.09. The van der Waals surface area contributed by atoms with Crippen molar-refractivity contribution >= 4 is 0 Å². The summed E-state index contributed by atoms with van der Waals surface area (Å²) in [6.45, 7) is 6.51. The van der Waals surface area contributed by atoms with Crippen LogP contribution in [-0.4, -0.2) is 27.3 Å². The van der Waals surface area contributed by atoms with E-state index in [4.69, 9.17) is 9.47 Å². The predicted octanol–water partition coefficient (Wildman–Crippen LogP) is 2.86. The zero-order valence-electron chi connectivity index (χ0n) is 12.5. The fourth-order valence-electron chi connectivity index (χ4n) is 3.07. The van der Waals surface area contributed by atoms with E-state index in [0.29, 0.717) is 0 Å². The second-order valence-corrected chi connectivity index (χ2v) is 5.45. The molecule has 1 aliphatic heterocycles. The highest BCUT2D eigenvalue weighted by atomic mass is 16.5. The fourth-order valence-corrected chi connectivity index (χ4v) is 3.07. The molecule has 1 fully saturated rings. The Kier molecular flexibility index (Phi) is 4.70. The topological polar surface area (TPSA) is 30.5 Å². The van der Waals surface area contributed by atoms with Gasteiger partial charge in [-0.15, -0.1) is 0 Å². The van der Waals surface area contributed by atoms with E-state index in [-0.39, 0.29) is 0 Å². The Morgan fingerprint density at radius 2 is 1.68 bits per heavy atom. The van der Waals surface area contributed by atoms with Gasteiger partial charge < -0.3 is 14.8 Å². The molecule has 1 aromatic carbocycles. The summed E-state index contributed by atoms with van der Waals surface area (Å²) < 4.78 is 11.1. The van der Waals surface area contributed by atoms with E-state index in [2.05, 4.69) is 25.2 Å². The Morgan fingerprint density at radius 1 is 1.05 bits per heavy atom. The van der Waals surface area contributed by atoms with Crippen molar-refractivity contribution < 1.29 is 9.47 Å². The summed E-state index contributed by atoms with van der Waals surface area (Å²) in [4.78, 5) is 0. The number of piperidine rings is 1. The first kappa shape index (κ1) is 14.2. The molecular formula is C16H25NO2. The highest BCUT2D eigenvalue weighted by Gasteiger charge is 2.20. The van der Waals surface area contributed by atoms with Crippen molar-refractivity contribution in [2.75, 3.05) is 27.3 Å². The number of nitrogens with one attached hydrogen (secondary N) is 1. The van der Waals surface area contributed by atoms with Gasteiger partial charge in [0.1, 0.15) is 0 Å². The zero-order chi connectivity index (χ0) is 13.8. The SMILES string of the molecule is COc1c(C)cc(C)c(CC2CCNCC2)c1OC. The number of benzene rings is 1. The summed E-state index contributed by atoms with van der Waals surface area (Å²) in [5.74, 6) is 2.57. The third-order valence-electron chi connectivity index (χ3n) is 4.11. The highest BCUT2D eigenvalue weighted by molar-refractivity contribution is 5.55. The van der Waals surface area contributed by atoms with Gasteiger partial charge in [-0.2, -0.15) is 0 Å². The minimum Gasteiger partial charge on any atom is -0.493 e. The van der Waals surface area contributed by atoms with Gasteiger partial charge in [-0.3, -0.25) is 0 Å². The molecule has 3 heteroatoms. The average molecular weight is 263 g/mol. The number of rotatable bonds is 4. The number of ether oxygens (including phenoxy) is 2. The van der Waals surface area contributed by atoms with Gasteiger partial charge in [-0.25, -0.2) is 0 Å². The summed E-state index contributed by atoms with van der Waals surface area (Å²) in [5, 5.41) is 3.42. The first-order chi connectivity index (χ1) is 9.17. The molecule has 1 heterocycles. The van der Waals surface area contributed by atoms with Gasteiger partial charge in [-0.1, -0.05) is 6.07 Å². The summed E-state index contributed by atoms with van der Waals surface area (Å²) >= 11 is 0. The maximum Gasteiger partial charge on any atom is 0.164 e. The third-order valence-corrected chi connectivity index (χ3v) is 4.11. The smallest absolute Gasteiger partial charge is 0.164 e. The molecule has 1 N–H and O–H groups in total. The van der Waals surface area contributed by atoms with Gasteiger partial charge in [0.25, 0.3) is 0 Å². The van der Waals surface area contributed by atoms with Gasteiger partial charge >= 0.3 is 0 Å². The molecule has 106 valence electrons. The first-order valence-corrected chi connectivity index (χ1v) is 7.09. The van der Waals surface area contributed by atoms with Crippen molar-refractivity contribution in [3.05, 3.63) is 22.8 Å². The number of aryl methyl sites for hydroxylation is 2. The molecule has 0 bridgehead atoms. The third kappa shape index (κ3) is 3.03. The Hall–Kier alpha value is -1.22. The maximum absolute atomic E-state index is 5.63. The summed E-state index contributed by atoms with van der Waals surface area (Å²) in [7, 11) is 3.46. The van der Waals surface area contributed by atoms with Crippen LogP contribution in [0.1, 0.15) is 29.5 Å². The molecule has 2 rings (SSSR count). The molecule has 0 aliphatic carbocycles. The Morgan fingerprint density at radius 3 is 2.26 bits per heavy atom. The molecular weight excluding hydrogens is 238 g/mol. The highest BCUT2D eigenvalue weighted by Crippen LogP contribution is 2.38. The molecule has 0 aromatic heterocycles. The summed E-state index contributed by atoms with van der Waals surface area (Å²) in [6, 6.07) is 2.21. The molecule has 0 saturated carbocycles. The second-order valence-electron chi connectivity index (χ2n) is 5.45. The van der Waals surface area contributed by atoms with Crippen molar-refractivity contribution in [3.8, 4) is 11.5 Å². The van der Waals surface area contributed by atoms with Gasteiger partial charge in [0.15, 0.2) is 11.5 Å². The van der Waals surface area contributed by atoms with Crippen LogP contribution >= 0.6 is 0 Å². The Labute approximate surface area is 116 Å². The minimum atomic E-state index is 0.751. The molecule has 1 aromatic rings. The molecule has 3 nitrogen and oxygen atoms in total. The summed E-state index contributed by atoms with van der Waals surface area (Å²) in [6.07, 6.45) is 3.59. The molecule has 1 aliphatic rings. The Bertz CT molecular complexity index is 437. The lowest BCUT2D eigenvalue weighted by molar-refractivity contribution is 0.337. The van der Waals surface area contributed by atoms with E-state index >= 15 is 0 Å². The van der Waals surface area contributed by atoms with Crippen LogP contribution in [0.3, 0.4) is 0 Å². The van der Waals surface area contributed by atoms with Crippen molar-refractivity contribution in [2.45, 2.75) is 33.1 Å². The number of methoxy groups -OCH3 is 2. The maximum atomic E-state index is 5.63. The molecule has 0 radical (unpaired) electrons. The van der Waals surface area contributed by atoms with Crippen molar-refractivity contribution in [1.82, 2.24) is 5.32 Å². The molecule has 0 amide bonds. The molecule has 0 spiro atoms. The van der Waals surface area contributed by atoms with Crippen LogP contribution in [-0.2, 0) is 6.42 Å². The largest absolute Gasteiger partial charge is 0.493 e. The number of hydrogen-bond acceptors (Lipinski definition) is 3. The molecule has 19 heavy (non-hydrogen) atoms. The van der Waals surface area contributed by atoms with Crippen LogP contribution in [0.25, 0.3) is 0 Å². The summed E-state index contributed by atoms with van der Waals surface area (Å²) in [5.41, 5.74) is 3.77. The van der Waals surface area contributed by atoms with Crippen LogP contribution in [0.15, 0.2) is 6.07 Å². The van der Waals surface area contributed by atoms with E-state index in [9.17, 15) is 0 Å². The van der Waals surface area contributed by atoms with Crippen molar-refractivity contribution in [1.29, 1.82) is 0 Å². The van der Waals surface area contributed by atoms with Crippen LogP contribution in [0.5, 0.6) is 11.5 Å². The molecule has 0 atom stereocenters. The number of hydrogen-bond donors (Lipinski definition) is 1. The lowest BCUT2D eigenvalue weighted by atomic mass is 9.88. The van der Waals surface area contributed by atoms with Gasteiger partial charge in [-0.05, 0) is 63.2 Å². The molecule has 1 saturated heterocycles. The quantitative estimate of drug-likeness (QED) is 0.906. The fraction of sp³-hybridized carbons (Fsp3) is 0.625. The van der Waals surface area contributed by atoms with Gasteiger partial charge in [0.2, 0.25) is 0 Å². The average Bonchev–Trinajstić information content (AvgIpc) is 2.42. The monoisotopic (exact) mass is 263 g/mol. The van der Waals surface area contributed by atoms with Crippen LogP contribution in [0.4, 0.5) is 0 Å².